The molecule has 4 bridgehead atoms. The van der Waals surface area contributed by atoms with E-state index in [9.17, 15) is 4.79 Å². The van der Waals surface area contributed by atoms with Crippen molar-refractivity contribution in [1.82, 2.24) is 0 Å². The molecule has 4 saturated carbocycles. The molecule has 0 spiro atoms. The summed E-state index contributed by atoms with van der Waals surface area (Å²) >= 11 is 0. The molecule has 0 atom stereocenters. The van der Waals surface area contributed by atoms with Gasteiger partial charge in [0.15, 0.2) is 0 Å². The lowest BCUT2D eigenvalue weighted by Crippen LogP contribution is -2.38. The van der Waals surface area contributed by atoms with Gasteiger partial charge in [0, 0.05) is 6.08 Å². The van der Waals surface area contributed by atoms with Crippen LogP contribution < -0.4 is 0 Å². The highest BCUT2D eigenvalue weighted by Crippen LogP contribution is 2.53. The fourth-order valence-electron chi connectivity index (χ4n) is 4.78. The van der Waals surface area contributed by atoms with Gasteiger partial charge in [0.1, 0.15) is 0 Å². The summed E-state index contributed by atoms with van der Waals surface area (Å²) in [6.45, 7) is 0. The van der Waals surface area contributed by atoms with Gasteiger partial charge in [-0.3, -0.25) is 0 Å². The van der Waals surface area contributed by atoms with Crippen LogP contribution in [0.1, 0.15) is 44.1 Å². The molecular weight excluding hydrogens is 272 g/mol. The lowest BCUT2D eigenvalue weighted by molar-refractivity contribution is -0.134. The van der Waals surface area contributed by atoms with Crippen LogP contribution in [0.5, 0.6) is 0 Å². The van der Waals surface area contributed by atoms with Crippen molar-refractivity contribution < 1.29 is 9.53 Å². The maximum Gasteiger partial charge on any atom is 0.330 e. The van der Waals surface area contributed by atoms with Crippen molar-refractivity contribution in [2.75, 3.05) is 7.11 Å². The standard InChI is InChI=1S/C10H10O2.C10H16/c1-12-10(11)8-7-9-5-3-2-4-6-9;1-7-2-9-4-8(1)5-10(3-7)6-9/h2-8H,1H3;7-10H,1-6H2/b8-7+;. The predicted molar refractivity (Wildman–Crippen MR) is 89.2 cm³/mol. The summed E-state index contributed by atoms with van der Waals surface area (Å²) in [6, 6.07) is 9.59. The molecule has 0 radical (unpaired) electrons. The maximum absolute atomic E-state index is 10.7. The lowest BCUT2D eigenvalue weighted by atomic mass is 9.56. The second-order valence-corrected chi connectivity index (χ2v) is 7.15. The first-order chi connectivity index (χ1) is 10.7. The number of carbonyl (C=O) groups excluding carboxylic acids is 1. The zero-order chi connectivity index (χ0) is 15.4. The van der Waals surface area contributed by atoms with Crippen molar-refractivity contribution in [3.63, 3.8) is 0 Å². The lowest BCUT2D eigenvalue weighted by Gasteiger charge is -2.49. The van der Waals surface area contributed by atoms with Gasteiger partial charge in [-0.25, -0.2) is 4.79 Å². The van der Waals surface area contributed by atoms with E-state index in [4.69, 9.17) is 0 Å². The van der Waals surface area contributed by atoms with Crippen LogP contribution in [0.4, 0.5) is 0 Å². The highest BCUT2D eigenvalue weighted by Gasteiger charge is 2.41. The van der Waals surface area contributed by atoms with E-state index in [0.717, 1.165) is 5.56 Å². The highest BCUT2D eigenvalue weighted by atomic mass is 16.5. The summed E-state index contributed by atoms with van der Waals surface area (Å²) in [7, 11) is 1.36. The Balaban J connectivity index is 0.000000132. The number of hydrogen-bond acceptors (Lipinski definition) is 2. The molecule has 22 heavy (non-hydrogen) atoms. The van der Waals surface area contributed by atoms with Gasteiger partial charge >= 0.3 is 5.97 Å². The molecule has 5 rings (SSSR count). The molecule has 0 amide bonds. The largest absolute Gasteiger partial charge is 0.466 e. The normalized spacial score (nSPS) is 31.7. The van der Waals surface area contributed by atoms with Crippen LogP contribution in [0.3, 0.4) is 0 Å². The van der Waals surface area contributed by atoms with E-state index in [1.165, 1.54) is 36.9 Å². The van der Waals surface area contributed by atoms with E-state index in [1.54, 1.807) is 44.6 Å². The molecule has 118 valence electrons. The van der Waals surface area contributed by atoms with Crippen molar-refractivity contribution in [1.29, 1.82) is 0 Å². The summed E-state index contributed by atoms with van der Waals surface area (Å²) in [5.74, 6) is 4.37. The quantitative estimate of drug-likeness (QED) is 0.584. The number of carbonyl (C=O) groups is 1. The van der Waals surface area contributed by atoms with Gasteiger partial charge in [-0.05, 0) is 73.8 Å². The van der Waals surface area contributed by atoms with Crippen molar-refractivity contribution in [2.45, 2.75) is 38.5 Å². The third-order valence-corrected chi connectivity index (χ3v) is 5.41. The molecule has 0 unspecified atom stereocenters. The molecule has 0 aromatic heterocycles. The Morgan fingerprint density at radius 1 is 0.909 bits per heavy atom. The highest BCUT2D eigenvalue weighted by molar-refractivity contribution is 5.86. The van der Waals surface area contributed by atoms with Crippen LogP contribution in [0.2, 0.25) is 0 Å². The van der Waals surface area contributed by atoms with E-state index in [2.05, 4.69) is 4.74 Å². The van der Waals surface area contributed by atoms with Gasteiger partial charge < -0.3 is 4.74 Å². The zero-order valence-corrected chi connectivity index (χ0v) is 13.4. The molecule has 0 aliphatic heterocycles. The Hall–Kier alpha value is -1.57. The average Bonchev–Trinajstić information content (AvgIpc) is 2.53. The second-order valence-electron chi connectivity index (χ2n) is 7.15. The second kappa shape index (κ2) is 7.13. The Bertz CT molecular complexity index is 461. The molecule has 0 saturated heterocycles. The van der Waals surface area contributed by atoms with E-state index in [1.807, 2.05) is 30.3 Å². The van der Waals surface area contributed by atoms with Crippen molar-refractivity contribution in [3.05, 3.63) is 42.0 Å². The first-order valence-electron chi connectivity index (χ1n) is 8.54. The van der Waals surface area contributed by atoms with E-state index in [0.29, 0.717) is 0 Å². The van der Waals surface area contributed by atoms with E-state index in [-0.39, 0.29) is 5.97 Å². The average molecular weight is 298 g/mol. The number of methoxy groups -OCH3 is 1. The number of benzene rings is 1. The number of esters is 1. The summed E-state index contributed by atoms with van der Waals surface area (Å²) in [4.78, 5) is 10.7. The Labute approximate surface area is 133 Å². The number of hydrogen-bond donors (Lipinski definition) is 0. The SMILES string of the molecule is C1C2CC3CC1CC(C2)C3.COC(=O)/C=C/c1ccccc1. The minimum Gasteiger partial charge on any atom is -0.466 e. The van der Waals surface area contributed by atoms with Crippen molar-refractivity contribution in [3.8, 4) is 0 Å². The van der Waals surface area contributed by atoms with Gasteiger partial charge in [0.05, 0.1) is 7.11 Å². The minimum atomic E-state index is -0.334. The molecule has 4 aliphatic rings. The smallest absolute Gasteiger partial charge is 0.330 e. The third kappa shape index (κ3) is 4.00. The summed E-state index contributed by atoms with van der Waals surface area (Å²) in [6.07, 6.45) is 12.7. The molecule has 4 aliphatic carbocycles. The van der Waals surface area contributed by atoms with Crippen LogP contribution in [-0.2, 0) is 9.53 Å². The van der Waals surface area contributed by atoms with Crippen LogP contribution in [0, 0.1) is 23.7 Å². The summed E-state index contributed by atoms with van der Waals surface area (Å²) in [5.41, 5.74) is 0.989. The topological polar surface area (TPSA) is 26.3 Å². The van der Waals surface area contributed by atoms with E-state index >= 15 is 0 Å². The molecule has 0 heterocycles. The van der Waals surface area contributed by atoms with Crippen LogP contribution >= 0.6 is 0 Å². The minimum absolute atomic E-state index is 0.334. The van der Waals surface area contributed by atoms with Gasteiger partial charge in [-0.15, -0.1) is 0 Å². The number of ether oxygens (including phenoxy) is 1. The maximum atomic E-state index is 10.7. The number of rotatable bonds is 2. The van der Waals surface area contributed by atoms with Crippen LogP contribution in [0.15, 0.2) is 36.4 Å². The molecule has 2 heteroatoms. The first kappa shape index (κ1) is 15.3. The molecule has 2 nitrogen and oxygen atoms in total. The van der Waals surface area contributed by atoms with Gasteiger partial charge in [-0.1, -0.05) is 30.3 Å². The first-order valence-corrected chi connectivity index (χ1v) is 8.54. The fourth-order valence-corrected chi connectivity index (χ4v) is 4.78. The zero-order valence-electron chi connectivity index (χ0n) is 13.4. The molecule has 1 aromatic carbocycles. The molecule has 0 N–H and O–H groups in total. The van der Waals surface area contributed by atoms with Crippen molar-refractivity contribution >= 4 is 12.0 Å². The Kier molecular flexibility index (Phi) is 4.97. The van der Waals surface area contributed by atoms with Crippen LogP contribution in [-0.4, -0.2) is 13.1 Å². The van der Waals surface area contributed by atoms with E-state index < -0.39 is 0 Å². The molecular formula is C20H26O2. The molecule has 4 fully saturated rings. The fraction of sp³-hybridized carbons (Fsp3) is 0.550. The van der Waals surface area contributed by atoms with Gasteiger partial charge in [0.25, 0.3) is 0 Å². The van der Waals surface area contributed by atoms with Crippen LogP contribution in [0.25, 0.3) is 6.08 Å². The summed E-state index contributed by atoms with van der Waals surface area (Å²) in [5, 5.41) is 0. The Morgan fingerprint density at radius 3 is 1.77 bits per heavy atom. The van der Waals surface area contributed by atoms with Crippen molar-refractivity contribution in [2.24, 2.45) is 23.7 Å². The monoisotopic (exact) mass is 298 g/mol. The predicted octanol–water partition coefficient (Wildman–Crippen LogP) is 4.71. The summed E-state index contributed by atoms with van der Waals surface area (Å²) < 4.78 is 4.45. The molecule has 1 aromatic rings. The Morgan fingerprint density at radius 2 is 1.36 bits per heavy atom. The van der Waals surface area contributed by atoms with Gasteiger partial charge in [-0.2, -0.15) is 0 Å². The third-order valence-electron chi connectivity index (χ3n) is 5.41. The van der Waals surface area contributed by atoms with Gasteiger partial charge in [0.2, 0.25) is 0 Å².